The van der Waals surface area contributed by atoms with Gasteiger partial charge in [0.1, 0.15) is 5.76 Å². The fraction of sp³-hybridized carbons (Fsp3) is 0.320. The van der Waals surface area contributed by atoms with Crippen molar-refractivity contribution in [3.8, 4) is 0 Å². The maximum atomic E-state index is 13.7. The van der Waals surface area contributed by atoms with Crippen LogP contribution < -0.4 is 19.8 Å². The summed E-state index contributed by atoms with van der Waals surface area (Å²) in [4.78, 5) is 36.1. The van der Waals surface area contributed by atoms with E-state index in [0.717, 1.165) is 10.0 Å². The summed E-state index contributed by atoms with van der Waals surface area (Å²) in [7, 11) is 3.76. The molecule has 0 N–H and O–H groups in total. The second kappa shape index (κ2) is 10.2. The number of aromatic nitrogens is 1. The van der Waals surface area contributed by atoms with E-state index in [0.29, 0.717) is 50.4 Å². The molecule has 0 unspecified atom stereocenters. The van der Waals surface area contributed by atoms with Crippen LogP contribution in [-0.4, -0.2) is 42.6 Å². The van der Waals surface area contributed by atoms with Gasteiger partial charge in [0.2, 0.25) is 5.88 Å². The molecule has 10 heteroatoms. The van der Waals surface area contributed by atoms with Crippen LogP contribution in [0, 0.1) is 0 Å². The number of hydrogen-bond acceptors (Lipinski definition) is 6. The van der Waals surface area contributed by atoms with Gasteiger partial charge in [0.05, 0.1) is 26.3 Å². The molecule has 0 bridgehead atoms. The number of benzene rings is 1. The van der Waals surface area contributed by atoms with E-state index in [1.807, 2.05) is 58.0 Å². The van der Waals surface area contributed by atoms with Gasteiger partial charge in [-0.25, -0.2) is 4.99 Å². The minimum absolute atomic E-state index is 0.129. The number of nitrogens with zero attached hydrogens (tertiary/aromatic N) is 4. The van der Waals surface area contributed by atoms with E-state index in [1.54, 1.807) is 27.7 Å². The number of carbonyl (C=O) groups is 1. The maximum absolute atomic E-state index is 13.7. The van der Waals surface area contributed by atoms with Gasteiger partial charge in [0.15, 0.2) is 4.80 Å². The lowest BCUT2D eigenvalue weighted by Crippen LogP contribution is -2.43. The van der Waals surface area contributed by atoms with E-state index in [1.165, 1.54) is 11.3 Å². The fourth-order valence-corrected chi connectivity index (χ4v) is 5.93. The van der Waals surface area contributed by atoms with E-state index in [4.69, 9.17) is 16.0 Å². The zero-order valence-corrected chi connectivity index (χ0v) is 23.3. The summed E-state index contributed by atoms with van der Waals surface area (Å²) in [5.74, 6) is 1.08. The third kappa shape index (κ3) is 4.77. The Bertz CT molecular complexity index is 1480. The molecular formula is C25H26BrClN4O3S. The van der Waals surface area contributed by atoms with Gasteiger partial charge in [-0.3, -0.25) is 14.2 Å². The Hall–Kier alpha value is -2.62. The summed E-state index contributed by atoms with van der Waals surface area (Å²) in [5.41, 5.74) is 1.66. The molecule has 1 aliphatic rings. The number of allylic oxidation sites excluding steroid dienone is 1. The normalized spacial score (nSPS) is 15.7. The number of thiazole rings is 1. The molecule has 7 nitrogen and oxygen atoms in total. The smallest absolute Gasteiger partial charge is 0.271 e. The van der Waals surface area contributed by atoms with Gasteiger partial charge in [-0.1, -0.05) is 35.1 Å². The molecule has 0 spiro atoms. The van der Waals surface area contributed by atoms with Crippen molar-refractivity contribution in [2.24, 2.45) is 4.99 Å². The van der Waals surface area contributed by atoms with Crippen molar-refractivity contribution >= 4 is 56.7 Å². The Morgan fingerprint density at radius 2 is 1.91 bits per heavy atom. The monoisotopic (exact) mass is 576 g/mol. The molecule has 0 radical (unpaired) electrons. The van der Waals surface area contributed by atoms with Crippen LogP contribution in [0.25, 0.3) is 6.08 Å². The van der Waals surface area contributed by atoms with Gasteiger partial charge in [-0.15, -0.1) is 0 Å². The zero-order chi connectivity index (χ0) is 25.4. The first-order valence-electron chi connectivity index (χ1n) is 11.2. The summed E-state index contributed by atoms with van der Waals surface area (Å²) >= 11 is 10.9. The van der Waals surface area contributed by atoms with Crippen molar-refractivity contribution in [2.45, 2.75) is 26.8 Å². The van der Waals surface area contributed by atoms with Crippen LogP contribution in [0.15, 0.2) is 60.3 Å². The molecule has 0 fully saturated rings. The molecule has 0 aliphatic carbocycles. The number of fused-ring (bicyclic) bond motifs is 1. The Labute approximate surface area is 220 Å². The summed E-state index contributed by atoms with van der Waals surface area (Å²) in [6.07, 6.45) is 1.71. The van der Waals surface area contributed by atoms with Crippen molar-refractivity contribution < 1.29 is 9.21 Å². The number of furan rings is 1. The lowest BCUT2D eigenvalue weighted by Gasteiger charge is -2.29. The van der Waals surface area contributed by atoms with Gasteiger partial charge in [-0.2, -0.15) is 0 Å². The molecule has 1 aromatic carbocycles. The molecule has 3 aromatic rings. The van der Waals surface area contributed by atoms with Crippen molar-refractivity contribution in [1.82, 2.24) is 9.47 Å². The largest absolute Gasteiger partial charge is 0.440 e. The lowest BCUT2D eigenvalue weighted by atomic mass is 9.94. The average molecular weight is 578 g/mol. The highest BCUT2D eigenvalue weighted by Gasteiger charge is 2.34. The van der Waals surface area contributed by atoms with Gasteiger partial charge in [0, 0.05) is 44.3 Å². The number of hydrogen-bond donors (Lipinski definition) is 0. The topological polar surface area (TPSA) is 71.1 Å². The Kier molecular flexibility index (Phi) is 7.40. The highest BCUT2D eigenvalue weighted by molar-refractivity contribution is 9.10. The molecule has 2 aromatic heterocycles. The molecule has 0 saturated carbocycles. The number of halogens is 2. The second-order valence-electron chi connectivity index (χ2n) is 8.31. The van der Waals surface area contributed by atoms with E-state index >= 15 is 0 Å². The second-order valence-corrected chi connectivity index (χ2v) is 10.6. The van der Waals surface area contributed by atoms with E-state index in [2.05, 4.69) is 20.9 Å². The molecule has 1 amide bonds. The van der Waals surface area contributed by atoms with Crippen LogP contribution >= 0.6 is 38.9 Å². The maximum Gasteiger partial charge on any atom is 0.271 e. The third-order valence-corrected chi connectivity index (χ3v) is 7.66. The van der Waals surface area contributed by atoms with Crippen LogP contribution in [0.1, 0.15) is 38.1 Å². The molecule has 3 heterocycles. The lowest BCUT2D eigenvalue weighted by molar-refractivity contribution is -0.127. The third-order valence-electron chi connectivity index (χ3n) is 5.86. The number of anilines is 1. The average Bonchev–Trinajstić information content (AvgIpc) is 3.33. The van der Waals surface area contributed by atoms with E-state index in [9.17, 15) is 9.59 Å². The van der Waals surface area contributed by atoms with Crippen LogP contribution in [0.3, 0.4) is 0 Å². The van der Waals surface area contributed by atoms with Crippen LogP contribution in [-0.2, 0) is 4.79 Å². The quantitative estimate of drug-likeness (QED) is 0.441. The number of amides is 1. The number of likely N-dealkylation sites (N-methyl/N-ethyl adjacent to an activating group) is 1. The summed E-state index contributed by atoms with van der Waals surface area (Å²) in [6, 6.07) is 8.45. The SMILES string of the molecule is CCN(CC)C(=O)C1=C(C)N=c2s/c(=C/c3cc(Br)c(N(C)C)o3)c(=O)n2[C@@H]1c1ccc(Cl)cc1. The van der Waals surface area contributed by atoms with Crippen LogP contribution in [0.5, 0.6) is 0 Å². The summed E-state index contributed by atoms with van der Waals surface area (Å²) in [6.45, 7) is 6.82. The first kappa shape index (κ1) is 25.5. The van der Waals surface area contributed by atoms with Crippen molar-refractivity contribution in [2.75, 3.05) is 32.1 Å². The first-order valence-corrected chi connectivity index (χ1v) is 13.2. The molecule has 0 saturated heterocycles. The Morgan fingerprint density at radius 3 is 2.49 bits per heavy atom. The van der Waals surface area contributed by atoms with Crippen molar-refractivity contribution in [3.05, 3.63) is 82.1 Å². The van der Waals surface area contributed by atoms with Crippen molar-refractivity contribution in [3.63, 3.8) is 0 Å². The molecule has 1 atom stereocenters. The molecular weight excluding hydrogens is 552 g/mol. The Balaban J connectivity index is 1.94. The molecule has 1 aliphatic heterocycles. The van der Waals surface area contributed by atoms with E-state index < -0.39 is 6.04 Å². The standard InChI is InChI=1S/C25H26BrClN4O3S/c1-6-30(7-2)23(33)20-14(3)28-25-31(21(20)15-8-10-16(27)11-9-15)22(32)19(35-25)13-17-12-18(26)24(34-17)29(4)5/h8-13,21H,6-7H2,1-5H3/b19-13+/t21-/m1/s1. The van der Waals surface area contributed by atoms with Gasteiger partial charge < -0.3 is 14.2 Å². The highest BCUT2D eigenvalue weighted by atomic mass is 79.9. The summed E-state index contributed by atoms with van der Waals surface area (Å²) in [5, 5.41) is 0.582. The minimum atomic E-state index is -0.612. The predicted molar refractivity (Wildman–Crippen MR) is 144 cm³/mol. The van der Waals surface area contributed by atoms with Gasteiger partial charge in [0.25, 0.3) is 11.5 Å². The molecule has 35 heavy (non-hydrogen) atoms. The molecule has 184 valence electrons. The first-order chi connectivity index (χ1) is 16.7. The Morgan fingerprint density at radius 1 is 1.26 bits per heavy atom. The van der Waals surface area contributed by atoms with Crippen LogP contribution in [0.4, 0.5) is 5.88 Å². The predicted octanol–water partition coefficient (Wildman–Crippen LogP) is 4.18. The van der Waals surface area contributed by atoms with E-state index in [-0.39, 0.29) is 11.5 Å². The van der Waals surface area contributed by atoms with Gasteiger partial charge in [-0.05, 0) is 54.4 Å². The fourth-order valence-electron chi connectivity index (χ4n) is 4.12. The van der Waals surface area contributed by atoms with Gasteiger partial charge >= 0.3 is 0 Å². The highest BCUT2D eigenvalue weighted by Crippen LogP contribution is 2.32. The number of carbonyl (C=O) groups excluding carboxylic acids is 1. The molecule has 4 rings (SSSR count). The van der Waals surface area contributed by atoms with Crippen LogP contribution in [0.2, 0.25) is 5.02 Å². The van der Waals surface area contributed by atoms with Crippen molar-refractivity contribution in [1.29, 1.82) is 0 Å². The summed E-state index contributed by atoms with van der Waals surface area (Å²) < 4.78 is 8.77. The zero-order valence-electron chi connectivity index (χ0n) is 20.1. The number of rotatable bonds is 6. The minimum Gasteiger partial charge on any atom is -0.440 e.